The zero-order valence-electron chi connectivity index (χ0n) is 9.89. The molecule has 0 aromatic carbocycles. The van der Waals surface area contributed by atoms with Crippen LogP contribution in [0.15, 0.2) is 24.5 Å². The van der Waals surface area contributed by atoms with Crippen LogP contribution in [0.5, 0.6) is 0 Å². The molecular formula is C13H18N2O. The van der Waals surface area contributed by atoms with E-state index in [-0.39, 0.29) is 0 Å². The molecule has 86 valence electrons. The first-order valence-electron chi connectivity index (χ1n) is 5.86. The van der Waals surface area contributed by atoms with Crippen molar-refractivity contribution >= 4 is 5.78 Å². The SMILES string of the molecule is CC1CC(=O)CCN1C(C)c1cccnc1. The predicted octanol–water partition coefficient (Wildman–Crippen LogP) is 2.20. The van der Waals surface area contributed by atoms with Gasteiger partial charge in [0.1, 0.15) is 5.78 Å². The summed E-state index contributed by atoms with van der Waals surface area (Å²) in [7, 11) is 0. The number of pyridine rings is 1. The van der Waals surface area contributed by atoms with Crippen LogP contribution < -0.4 is 0 Å². The second kappa shape index (κ2) is 4.74. The molecule has 0 saturated carbocycles. The number of likely N-dealkylation sites (tertiary alicyclic amines) is 1. The van der Waals surface area contributed by atoms with E-state index in [1.807, 2.05) is 12.3 Å². The van der Waals surface area contributed by atoms with Crippen molar-refractivity contribution in [2.24, 2.45) is 0 Å². The fraction of sp³-hybridized carbons (Fsp3) is 0.538. The van der Waals surface area contributed by atoms with Gasteiger partial charge in [0, 0.05) is 43.9 Å². The molecule has 2 unspecified atom stereocenters. The van der Waals surface area contributed by atoms with Gasteiger partial charge in [0.05, 0.1) is 0 Å². The number of hydrogen-bond donors (Lipinski definition) is 0. The van der Waals surface area contributed by atoms with Crippen molar-refractivity contribution in [3.05, 3.63) is 30.1 Å². The van der Waals surface area contributed by atoms with Crippen LogP contribution in [-0.2, 0) is 4.79 Å². The minimum Gasteiger partial charge on any atom is -0.300 e. The lowest BCUT2D eigenvalue weighted by atomic mass is 9.98. The van der Waals surface area contributed by atoms with Crippen molar-refractivity contribution in [1.82, 2.24) is 9.88 Å². The van der Waals surface area contributed by atoms with Gasteiger partial charge in [-0.1, -0.05) is 6.07 Å². The van der Waals surface area contributed by atoms with Gasteiger partial charge in [0.2, 0.25) is 0 Å². The maximum absolute atomic E-state index is 11.3. The van der Waals surface area contributed by atoms with Gasteiger partial charge in [-0.15, -0.1) is 0 Å². The fourth-order valence-electron chi connectivity index (χ4n) is 2.41. The Kier molecular flexibility index (Phi) is 3.34. The summed E-state index contributed by atoms with van der Waals surface area (Å²) in [6, 6.07) is 4.75. The average molecular weight is 218 g/mol. The Morgan fingerprint density at radius 2 is 2.38 bits per heavy atom. The topological polar surface area (TPSA) is 33.2 Å². The van der Waals surface area contributed by atoms with Crippen LogP contribution in [0.4, 0.5) is 0 Å². The summed E-state index contributed by atoms with van der Waals surface area (Å²) in [4.78, 5) is 17.9. The van der Waals surface area contributed by atoms with E-state index in [1.54, 1.807) is 6.20 Å². The van der Waals surface area contributed by atoms with Crippen LogP contribution in [-0.4, -0.2) is 28.3 Å². The number of carbonyl (C=O) groups excluding carboxylic acids is 1. The number of piperidine rings is 1. The van der Waals surface area contributed by atoms with Gasteiger partial charge < -0.3 is 0 Å². The van der Waals surface area contributed by atoms with E-state index >= 15 is 0 Å². The summed E-state index contributed by atoms with van der Waals surface area (Å²) in [5, 5.41) is 0. The molecule has 0 radical (unpaired) electrons. The molecule has 3 heteroatoms. The summed E-state index contributed by atoms with van der Waals surface area (Å²) in [5.41, 5.74) is 1.23. The van der Waals surface area contributed by atoms with Crippen molar-refractivity contribution in [3.63, 3.8) is 0 Å². The number of Topliss-reactive ketones (excluding diaryl/α,β-unsaturated/α-hetero) is 1. The van der Waals surface area contributed by atoms with Crippen LogP contribution in [0.3, 0.4) is 0 Å². The van der Waals surface area contributed by atoms with Gasteiger partial charge in [-0.3, -0.25) is 14.7 Å². The van der Waals surface area contributed by atoms with E-state index in [4.69, 9.17) is 0 Å². The molecule has 2 rings (SSSR count). The standard InChI is InChI=1S/C13H18N2O/c1-10-8-13(16)5-7-15(10)11(2)12-4-3-6-14-9-12/h3-4,6,9-11H,5,7-8H2,1-2H3. The van der Waals surface area contributed by atoms with Crippen molar-refractivity contribution < 1.29 is 4.79 Å². The molecule has 16 heavy (non-hydrogen) atoms. The van der Waals surface area contributed by atoms with E-state index in [9.17, 15) is 4.79 Å². The summed E-state index contributed by atoms with van der Waals surface area (Å²) < 4.78 is 0. The normalized spacial score (nSPS) is 24.4. The van der Waals surface area contributed by atoms with Crippen molar-refractivity contribution in [2.75, 3.05) is 6.54 Å². The highest BCUT2D eigenvalue weighted by Crippen LogP contribution is 2.26. The van der Waals surface area contributed by atoms with Crippen molar-refractivity contribution in [3.8, 4) is 0 Å². The zero-order chi connectivity index (χ0) is 11.5. The molecule has 2 heterocycles. The van der Waals surface area contributed by atoms with Crippen LogP contribution in [0.1, 0.15) is 38.3 Å². The maximum atomic E-state index is 11.3. The van der Waals surface area contributed by atoms with Crippen LogP contribution in [0, 0.1) is 0 Å². The van der Waals surface area contributed by atoms with E-state index in [1.165, 1.54) is 5.56 Å². The molecule has 1 aliphatic rings. The maximum Gasteiger partial charge on any atom is 0.135 e. The molecule has 1 aliphatic heterocycles. The molecule has 0 amide bonds. The van der Waals surface area contributed by atoms with Crippen molar-refractivity contribution in [1.29, 1.82) is 0 Å². The molecule has 0 bridgehead atoms. The Hall–Kier alpha value is -1.22. The molecule has 0 spiro atoms. The Morgan fingerprint density at radius 3 is 3.00 bits per heavy atom. The first-order chi connectivity index (χ1) is 7.68. The van der Waals surface area contributed by atoms with Crippen LogP contribution >= 0.6 is 0 Å². The van der Waals surface area contributed by atoms with E-state index in [0.717, 1.165) is 6.54 Å². The molecule has 1 aromatic rings. The van der Waals surface area contributed by atoms with Crippen molar-refractivity contribution in [2.45, 2.75) is 38.8 Å². The van der Waals surface area contributed by atoms with Crippen LogP contribution in [0.25, 0.3) is 0 Å². The zero-order valence-corrected chi connectivity index (χ0v) is 9.89. The summed E-state index contributed by atoms with van der Waals surface area (Å²) in [6.45, 7) is 5.18. The average Bonchev–Trinajstić information content (AvgIpc) is 2.29. The Morgan fingerprint density at radius 1 is 1.56 bits per heavy atom. The van der Waals surface area contributed by atoms with E-state index in [0.29, 0.717) is 30.7 Å². The molecule has 1 saturated heterocycles. The first-order valence-corrected chi connectivity index (χ1v) is 5.86. The third-order valence-electron chi connectivity index (χ3n) is 3.40. The third kappa shape index (κ3) is 2.30. The van der Waals surface area contributed by atoms with E-state index < -0.39 is 0 Å². The second-order valence-electron chi connectivity index (χ2n) is 4.54. The lowest BCUT2D eigenvalue weighted by Crippen LogP contribution is -2.42. The molecular weight excluding hydrogens is 200 g/mol. The second-order valence-corrected chi connectivity index (χ2v) is 4.54. The van der Waals surface area contributed by atoms with E-state index in [2.05, 4.69) is 29.8 Å². The number of nitrogens with zero attached hydrogens (tertiary/aromatic N) is 2. The number of hydrogen-bond acceptors (Lipinski definition) is 3. The monoisotopic (exact) mass is 218 g/mol. The Balaban J connectivity index is 2.10. The molecule has 1 fully saturated rings. The molecule has 3 nitrogen and oxygen atoms in total. The number of aromatic nitrogens is 1. The molecule has 0 aliphatic carbocycles. The fourth-order valence-corrected chi connectivity index (χ4v) is 2.41. The van der Waals surface area contributed by atoms with Crippen LogP contribution in [0.2, 0.25) is 0 Å². The lowest BCUT2D eigenvalue weighted by molar-refractivity contribution is -0.123. The van der Waals surface area contributed by atoms with Gasteiger partial charge >= 0.3 is 0 Å². The summed E-state index contributed by atoms with van der Waals surface area (Å²) in [5.74, 6) is 0.391. The molecule has 2 atom stereocenters. The first kappa shape index (κ1) is 11.3. The van der Waals surface area contributed by atoms with Gasteiger partial charge in [-0.05, 0) is 25.5 Å². The summed E-state index contributed by atoms with van der Waals surface area (Å²) in [6.07, 6.45) is 5.08. The molecule has 0 N–H and O–H groups in total. The number of ketones is 1. The predicted molar refractivity (Wildman–Crippen MR) is 63.1 cm³/mol. The minimum atomic E-state index is 0.344. The third-order valence-corrected chi connectivity index (χ3v) is 3.40. The minimum absolute atomic E-state index is 0.344. The Bertz CT molecular complexity index is 363. The largest absolute Gasteiger partial charge is 0.300 e. The van der Waals surface area contributed by atoms with Gasteiger partial charge in [0.15, 0.2) is 0 Å². The number of carbonyl (C=O) groups is 1. The quantitative estimate of drug-likeness (QED) is 0.763. The number of rotatable bonds is 2. The lowest BCUT2D eigenvalue weighted by Gasteiger charge is -2.37. The molecule has 1 aromatic heterocycles. The summed E-state index contributed by atoms with van der Waals surface area (Å²) >= 11 is 0. The van der Waals surface area contributed by atoms with Gasteiger partial charge in [-0.25, -0.2) is 0 Å². The van der Waals surface area contributed by atoms with Gasteiger partial charge in [0.25, 0.3) is 0 Å². The highest BCUT2D eigenvalue weighted by Gasteiger charge is 2.27. The highest BCUT2D eigenvalue weighted by molar-refractivity contribution is 5.79. The van der Waals surface area contributed by atoms with Gasteiger partial charge in [-0.2, -0.15) is 0 Å². The Labute approximate surface area is 96.5 Å². The smallest absolute Gasteiger partial charge is 0.135 e. The highest BCUT2D eigenvalue weighted by atomic mass is 16.1.